The molecule has 25 heavy (non-hydrogen) atoms. The van der Waals surface area contributed by atoms with Crippen molar-refractivity contribution in [1.29, 1.82) is 0 Å². The number of hydrogen-bond donors (Lipinski definition) is 1. The van der Waals surface area contributed by atoms with Gasteiger partial charge in [-0.2, -0.15) is 0 Å². The first-order valence-corrected chi connectivity index (χ1v) is 10.5. The van der Waals surface area contributed by atoms with E-state index in [1.807, 2.05) is 24.3 Å². The third-order valence-electron chi connectivity index (χ3n) is 4.41. The SMILES string of the molecule is CC(Oc1cccc(C(C)C)c1)C(=O)NC1CCCN(S(C)(=O)=O)C1. The van der Waals surface area contributed by atoms with Crippen molar-refractivity contribution in [2.75, 3.05) is 19.3 Å². The van der Waals surface area contributed by atoms with E-state index in [4.69, 9.17) is 4.74 Å². The van der Waals surface area contributed by atoms with Gasteiger partial charge in [0, 0.05) is 19.1 Å². The van der Waals surface area contributed by atoms with Crippen LogP contribution in [0, 0.1) is 0 Å². The molecule has 0 spiro atoms. The Kier molecular flexibility index (Phi) is 6.46. The first-order valence-electron chi connectivity index (χ1n) is 8.69. The lowest BCUT2D eigenvalue weighted by molar-refractivity contribution is -0.128. The van der Waals surface area contributed by atoms with E-state index in [9.17, 15) is 13.2 Å². The van der Waals surface area contributed by atoms with E-state index in [1.54, 1.807) is 6.92 Å². The summed E-state index contributed by atoms with van der Waals surface area (Å²) < 4.78 is 30.5. The molecule has 1 saturated heterocycles. The molecule has 1 amide bonds. The summed E-state index contributed by atoms with van der Waals surface area (Å²) >= 11 is 0. The number of nitrogens with one attached hydrogen (secondary N) is 1. The van der Waals surface area contributed by atoms with E-state index >= 15 is 0 Å². The Bertz CT molecular complexity index is 703. The van der Waals surface area contributed by atoms with Crippen LogP contribution in [0.1, 0.15) is 45.1 Å². The molecule has 1 N–H and O–H groups in total. The number of carbonyl (C=O) groups excluding carboxylic acids is 1. The van der Waals surface area contributed by atoms with Gasteiger partial charge in [-0.05, 0) is 43.4 Å². The van der Waals surface area contributed by atoms with E-state index in [0.29, 0.717) is 24.8 Å². The van der Waals surface area contributed by atoms with E-state index in [-0.39, 0.29) is 11.9 Å². The highest BCUT2D eigenvalue weighted by Crippen LogP contribution is 2.21. The molecule has 1 aliphatic heterocycles. The number of amides is 1. The normalized spacial score (nSPS) is 20.3. The molecule has 1 aliphatic rings. The molecule has 2 unspecified atom stereocenters. The first-order chi connectivity index (χ1) is 11.7. The van der Waals surface area contributed by atoms with Crippen LogP contribution in [0.4, 0.5) is 0 Å². The van der Waals surface area contributed by atoms with Gasteiger partial charge in [-0.1, -0.05) is 26.0 Å². The topological polar surface area (TPSA) is 75.7 Å². The lowest BCUT2D eigenvalue weighted by atomic mass is 10.0. The van der Waals surface area contributed by atoms with Crippen LogP contribution in [0.5, 0.6) is 5.75 Å². The number of nitrogens with zero attached hydrogens (tertiary/aromatic N) is 1. The third-order valence-corrected chi connectivity index (χ3v) is 5.68. The van der Waals surface area contributed by atoms with Gasteiger partial charge in [-0.15, -0.1) is 0 Å². The summed E-state index contributed by atoms with van der Waals surface area (Å²) in [6.45, 7) is 6.74. The van der Waals surface area contributed by atoms with E-state index in [0.717, 1.165) is 18.4 Å². The molecule has 1 heterocycles. The van der Waals surface area contributed by atoms with Crippen molar-refractivity contribution in [2.24, 2.45) is 0 Å². The van der Waals surface area contributed by atoms with Crippen LogP contribution in [0.25, 0.3) is 0 Å². The number of piperidine rings is 1. The van der Waals surface area contributed by atoms with Crippen LogP contribution >= 0.6 is 0 Å². The van der Waals surface area contributed by atoms with Crippen molar-refractivity contribution in [3.8, 4) is 5.75 Å². The van der Waals surface area contributed by atoms with Crippen LogP contribution in [-0.2, 0) is 14.8 Å². The molecule has 2 rings (SSSR count). The number of carbonyl (C=O) groups is 1. The average molecular weight is 368 g/mol. The monoisotopic (exact) mass is 368 g/mol. The zero-order valence-corrected chi connectivity index (χ0v) is 16.2. The predicted octanol–water partition coefficient (Wildman–Crippen LogP) is 2.12. The Balaban J connectivity index is 1.93. The van der Waals surface area contributed by atoms with Crippen LogP contribution in [-0.4, -0.2) is 50.1 Å². The summed E-state index contributed by atoms with van der Waals surface area (Å²) in [5.74, 6) is 0.822. The quantitative estimate of drug-likeness (QED) is 0.834. The second-order valence-corrected chi connectivity index (χ2v) is 8.94. The van der Waals surface area contributed by atoms with Crippen molar-refractivity contribution in [2.45, 2.75) is 51.7 Å². The number of rotatable bonds is 6. The molecule has 0 radical (unpaired) electrons. The van der Waals surface area contributed by atoms with Gasteiger partial charge < -0.3 is 10.1 Å². The zero-order valence-electron chi connectivity index (χ0n) is 15.4. The fraction of sp³-hybridized carbons (Fsp3) is 0.611. The minimum Gasteiger partial charge on any atom is -0.481 e. The van der Waals surface area contributed by atoms with E-state index in [1.165, 1.54) is 10.6 Å². The summed E-state index contributed by atoms with van der Waals surface area (Å²) in [5, 5.41) is 2.91. The Labute approximate surface area is 150 Å². The van der Waals surface area contributed by atoms with Gasteiger partial charge in [-0.3, -0.25) is 4.79 Å². The van der Waals surface area contributed by atoms with Crippen LogP contribution in [0.3, 0.4) is 0 Å². The molecule has 1 aromatic carbocycles. The van der Waals surface area contributed by atoms with Crippen LogP contribution in [0.15, 0.2) is 24.3 Å². The second kappa shape index (κ2) is 8.19. The van der Waals surface area contributed by atoms with Crippen molar-refractivity contribution >= 4 is 15.9 Å². The Morgan fingerprint density at radius 1 is 1.32 bits per heavy atom. The summed E-state index contributed by atoms with van der Waals surface area (Å²) in [6.07, 6.45) is 2.07. The Hall–Kier alpha value is -1.60. The maximum Gasteiger partial charge on any atom is 0.261 e. The van der Waals surface area contributed by atoms with Crippen molar-refractivity contribution < 1.29 is 17.9 Å². The van der Waals surface area contributed by atoms with Crippen LogP contribution in [0.2, 0.25) is 0 Å². The molecule has 6 nitrogen and oxygen atoms in total. The highest BCUT2D eigenvalue weighted by molar-refractivity contribution is 7.88. The lowest BCUT2D eigenvalue weighted by Crippen LogP contribution is -2.51. The van der Waals surface area contributed by atoms with Gasteiger partial charge in [0.05, 0.1) is 6.26 Å². The van der Waals surface area contributed by atoms with Gasteiger partial charge >= 0.3 is 0 Å². The first kappa shape index (κ1) is 19.7. The highest BCUT2D eigenvalue weighted by Gasteiger charge is 2.28. The summed E-state index contributed by atoms with van der Waals surface area (Å²) in [5.41, 5.74) is 1.15. The molecule has 1 fully saturated rings. The lowest BCUT2D eigenvalue weighted by Gasteiger charge is -2.32. The standard InChI is InChI=1S/C18H28N2O4S/c1-13(2)15-7-5-9-17(11-15)24-14(3)18(21)19-16-8-6-10-20(12-16)25(4,22)23/h5,7,9,11,13-14,16H,6,8,10,12H2,1-4H3,(H,19,21). The fourth-order valence-electron chi connectivity index (χ4n) is 2.88. The average Bonchev–Trinajstić information content (AvgIpc) is 2.54. The molecule has 0 aliphatic carbocycles. The molecule has 0 bridgehead atoms. The summed E-state index contributed by atoms with van der Waals surface area (Å²) in [4.78, 5) is 12.4. The Morgan fingerprint density at radius 3 is 2.68 bits per heavy atom. The van der Waals surface area contributed by atoms with Gasteiger partial charge in [0.2, 0.25) is 10.0 Å². The molecule has 2 atom stereocenters. The summed E-state index contributed by atoms with van der Waals surface area (Å²) in [7, 11) is -3.23. The minimum absolute atomic E-state index is 0.177. The zero-order chi connectivity index (χ0) is 18.6. The van der Waals surface area contributed by atoms with E-state index in [2.05, 4.69) is 19.2 Å². The maximum absolute atomic E-state index is 12.4. The minimum atomic E-state index is -3.23. The van der Waals surface area contributed by atoms with Crippen molar-refractivity contribution in [3.05, 3.63) is 29.8 Å². The largest absolute Gasteiger partial charge is 0.481 e. The predicted molar refractivity (Wildman–Crippen MR) is 98.2 cm³/mol. The van der Waals surface area contributed by atoms with Gasteiger partial charge in [0.25, 0.3) is 5.91 Å². The molecule has 1 aromatic rings. The van der Waals surface area contributed by atoms with Crippen molar-refractivity contribution in [1.82, 2.24) is 9.62 Å². The third kappa shape index (κ3) is 5.71. The highest BCUT2D eigenvalue weighted by atomic mass is 32.2. The van der Waals surface area contributed by atoms with E-state index < -0.39 is 16.1 Å². The van der Waals surface area contributed by atoms with Gasteiger partial charge in [0.15, 0.2) is 6.10 Å². The molecular weight excluding hydrogens is 340 g/mol. The molecule has 0 aromatic heterocycles. The number of benzene rings is 1. The molecule has 0 saturated carbocycles. The van der Waals surface area contributed by atoms with Gasteiger partial charge in [0.1, 0.15) is 5.75 Å². The number of hydrogen-bond acceptors (Lipinski definition) is 4. The summed E-state index contributed by atoms with van der Waals surface area (Å²) in [6, 6.07) is 7.55. The maximum atomic E-state index is 12.4. The number of sulfonamides is 1. The molecule has 7 heteroatoms. The van der Waals surface area contributed by atoms with Crippen molar-refractivity contribution in [3.63, 3.8) is 0 Å². The Morgan fingerprint density at radius 2 is 2.04 bits per heavy atom. The molecule has 140 valence electrons. The molecular formula is C18H28N2O4S. The fourth-order valence-corrected chi connectivity index (χ4v) is 3.80. The second-order valence-electron chi connectivity index (χ2n) is 6.96. The van der Waals surface area contributed by atoms with Gasteiger partial charge in [-0.25, -0.2) is 12.7 Å². The smallest absolute Gasteiger partial charge is 0.261 e. The number of ether oxygens (including phenoxy) is 1. The van der Waals surface area contributed by atoms with Crippen LogP contribution < -0.4 is 10.1 Å².